The van der Waals surface area contributed by atoms with E-state index in [0.29, 0.717) is 38.5 Å². The molecule has 0 radical (unpaired) electrons. The Morgan fingerprint density at radius 2 is 1.93 bits per heavy atom. The first-order chi connectivity index (χ1) is 12.9. The van der Waals surface area contributed by atoms with Crippen LogP contribution in [0.5, 0.6) is 0 Å². The van der Waals surface area contributed by atoms with Gasteiger partial charge in [-0.1, -0.05) is 23.2 Å². The van der Waals surface area contributed by atoms with Gasteiger partial charge in [-0.25, -0.2) is 4.98 Å². The molecule has 27 heavy (non-hydrogen) atoms. The van der Waals surface area contributed by atoms with Gasteiger partial charge in [0.2, 0.25) is 0 Å². The molecular formula is C18H17Cl2N5O2. The van der Waals surface area contributed by atoms with Crippen LogP contribution in [-0.2, 0) is 0 Å². The summed E-state index contributed by atoms with van der Waals surface area (Å²) in [6.07, 6.45) is 2.06. The van der Waals surface area contributed by atoms with Gasteiger partial charge in [-0.2, -0.15) is 4.52 Å². The molecule has 1 saturated heterocycles. The summed E-state index contributed by atoms with van der Waals surface area (Å²) >= 11 is 12.0. The molecule has 0 bridgehead atoms. The molecule has 3 heterocycles. The van der Waals surface area contributed by atoms with E-state index in [0.717, 1.165) is 25.9 Å². The zero-order chi connectivity index (χ0) is 19.1. The highest BCUT2D eigenvalue weighted by Gasteiger charge is 2.26. The molecule has 1 aromatic carbocycles. The summed E-state index contributed by atoms with van der Waals surface area (Å²) in [5.74, 6) is 0.229. The van der Waals surface area contributed by atoms with Crippen molar-refractivity contribution >= 4 is 46.3 Å². The van der Waals surface area contributed by atoms with Gasteiger partial charge < -0.3 is 10.2 Å². The number of hydrogen-bond donors (Lipinski definition) is 2. The number of aromatic nitrogens is 3. The van der Waals surface area contributed by atoms with Crippen LogP contribution in [0.2, 0.25) is 10.0 Å². The number of carbonyl (C=O) groups is 1. The molecule has 1 amide bonds. The highest BCUT2D eigenvalue weighted by atomic mass is 35.5. The van der Waals surface area contributed by atoms with E-state index in [1.54, 1.807) is 25.1 Å². The van der Waals surface area contributed by atoms with E-state index >= 15 is 0 Å². The Labute approximate surface area is 164 Å². The van der Waals surface area contributed by atoms with E-state index in [1.165, 1.54) is 10.6 Å². The Bertz CT molecular complexity index is 1100. The van der Waals surface area contributed by atoms with Gasteiger partial charge in [0.05, 0.1) is 10.0 Å². The van der Waals surface area contributed by atoms with Crippen LogP contribution in [0, 0.1) is 6.92 Å². The summed E-state index contributed by atoms with van der Waals surface area (Å²) in [7, 11) is 0. The number of rotatable bonds is 3. The third kappa shape index (κ3) is 3.28. The van der Waals surface area contributed by atoms with Crippen molar-refractivity contribution < 1.29 is 4.79 Å². The lowest BCUT2D eigenvalue weighted by Crippen LogP contribution is -2.22. The Kier molecular flexibility index (Phi) is 4.57. The number of amides is 1. The van der Waals surface area contributed by atoms with Crippen LogP contribution in [-0.4, -0.2) is 33.6 Å². The maximum absolute atomic E-state index is 13.1. The molecule has 4 rings (SSSR count). The summed E-state index contributed by atoms with van der Waals surface area (Å²) < 4.78 is 1.31. The molecule has 0 aliphatic carbocycles. The average Bonchev–Trinajstić information content (AvgIpc) is 3.25. The number of carbonyl (C=O) groups excluding carboxylic acids is 1. The summed E-state index contributed by atoms with van der Waals surface area (Å²) in [4.78, 5) is 31.9. The minimum Gasteiger partial charge on any atom is -0.356 e. The van der Waals surface area contributed by atoms with Gasteiger partial charge in [-0.3, -0.25) is 14.7 Å². The van der Waals surface area contributed by atoms with E-state index < -0.39 is 0 Å². The number of aromatic amines is 1. The fourth-order valence-electron chi connectivity index (χ4n) is 3.29. The highest BCUT2D eigenvalue weighted by molar-refractivity contribution is 6.42. The minimum absolute atomic E-state index is 0.258. The van der Waals surface area contributed by atoms with E-state index in [2.05, 4.69) is 20.3 Å². The van der Waals surface area contributed by atoms with Crippen LogP contribution in [0.1, 0.15) is 28.9 Å². The number of hydrogen-bond acceptors (Lipinski definition) is 4. The summed E-state index contributed by atoms with van der Waals surface area (Å²) in [5, 5.41) is 6.62. The minimum atomic E-state index is -0.369. The van der Waals surface area contributed by atoms with Gasteiger partial charge in [0.1, 0.15) is 11.4 Å². The van der Waals surface area contributed by atoms with Gasteiger partial charge in [0, 0.05) is 30.5 Å². The maximum Gasteiger partial charge on any atom is 0.272 e. The van der Waals surface area contributed by atoms with Crippen molar-refractivity contribution in [3.8, 4) is 0 Å². The maximum atomic E-state index is 13.1. The molecule has 1 aliphatic heterocycles. The quantitative estimate of drug-likeness (QED) is 0.698. The zero-order valence-corrected chi connectivity index (χ0v) is 16.1. The molecular weight excluding hydrogens is 389 g/mol. The van der Waals surface area contributed by atoms with Crippen molar-refractivity contribution in [1.29, 1.82) is 0 Å². The van der Waals surface area contributed by atoms with Crippen molar-refractivity contribution in [3.63, 3.8) is 0 Å². The van der Waals surface area contributed by atoms with Crippen LogP contribution < -0.4 is 15.8 Å². The van der Waals surface area contributed by atoms with Crippen LogP contribution in [0.15, 0.2) is 29.1 Å². The Morgan fingerprint density at radius 3 is 2.63 bits per heavy atom. The fraction of sp³-hybridized carbons (Fsp3) is 0.278. The molecule has 1 fully saturated rings. The predicted molar refractivity (Wildman–Crippen MR) is 106 cm³/mol. The van der Waals surface area contributed by atoms with Gasteiger partial charge in [-0.05, 0) is 38.0 Å². The SMILES string of the molecule is Cc1cc(=O)n2[nH]c(N3CCCC3)c(C(=O)Nc3ccc(Cl)c(Cl)c3)c2n1. The fourth-order valence-corrected chi connectivity index (χ4v) is 3.58. The number of fused-ring (bicyclic) bond motifs is 1. The van der Waals surface area contributed by atoms with Crippen molar-refractivity contribution in [2.75, 3.05) is 23.3 Å². The van der Waals surface area contributed by atoms with Crippen molar-refractivity contribution in [2.45, 2.75) is 19.8 Å². The molecule has 1 aliphatic rings. The summed E-state index contributed by atoms with van der Waals surface area (Å²) in [6, 6.07) is 6.29. The van der Waals surface area contributed by atoms with Gasteiger partial charge in [-0.15, -0.1) is 0 Å². The molecule has 140 valence electrons. The third-order valence-electron chi connectivity index (χ3n) is 4.55. The number of nitrogens with one attached hydrogen (secondary N) is 2. The predicted octanol–water partition coefficient (Wildman–Crippen LogP) is 3.49. The number of aryl methyl sites for hydroxylation is 1. The third-order valence-corrected chi connectivity index (χ3v) is 5.29. The Balaban J connectivity index is 1.82. The largest absolute Gasteiger partial charge is 0.356 e. The second-order valence-electron chi connectivity index (χ2n) is 6.51. The van der Waals surface area contributed by atoms with E-state index in [-0.39, 0.29) is 11.5 Å². The van der Waals surface area contributed by atoms with Crippen molar-refractivity contribution in [1.82, 2.24) is 14.6 Å². The average molecular weight is 406 g/mol. The number of H-pyrrole nitrogens is 1. The first kappa shape index (κ1) is 17.9. The summed E-state index contributed by atoms with van der Waals surface area (Å²) in [6.45, 7) is 3.35. The first-order valence-corrected chi connectivity index (χ1v) is 9.33. The molecule has 2 N–H and O–H groups in total. The molecule has 0 atom stereocenters. The van der Waals surface area contributed by atoms with Crippen LogP contribution in [0.4, 0.5) is 11.5 Å². The monoisotopic (exact) mass is 405 g/mol. The van der Waals surface area contributed by atoms with Crippen LogP contribution in [0.3, 0.4) is 0 Å². The second-order valence-corrected chi connectivity index (χ2v) is 7.32. The van der Waals surface area contributed by atoms with Gasteiger partial charge in [0.25, 0.3) is 11.5 Å². The Hall–Kier alpha value is -2.51. The molecule has 7 nitrogen and oxygen atoms in total. The van der Waals surface area contributed by atoms with Crippen molar-refractivity contribution in [2.24, 2.45) is 0 Å². The Morgan fingerprint density at radius 1 is 1.19 bits per heavy atom. The smallest absolute Gasteiger partial charge is 0.272 e. The van der Waals surface area contributed by atoms with Crippen LogP contribution >= 0.6 is 23.2 Å². The molecule has 0 unspecified atom stereocenters. The topological polar surface area (TPSA) is 82.5 Å². The number of benzene rings is 1. The van der Waals surface area contributed by atoms with E-state index in [9.17, 15) is 9.59 Å². The standard InChI is InChI=1S/C18H17Cl2N5O2/c1-10-8-14(26)25-16(21-10)15(17(23-25)24-6-2-3-7-24)18(27)22-11-4-5-12(19)13(20)9-11/h4-5,8-9,23H,2-3,6-7H2,1H3,(H,22,27). The second kappa shape index (κ2) is 6.90. The number of anilines is 2. The lowest BCUT2D eigenvalue weighted by Gasteiger charge is -2.16. The van der Waals surface area contributed by atoms with Crippen molar-refractivity contribution in [3.05, 3.63) is 55.9 Å². The van der Waals surface area contributed by atoms with Gasteiger partial charge >= 0.3 is 0 Å². The molecule has 9 heteroatoms. The zero-order valence-electron chi connectivity index (χ0n) is 14.6. The normalized spacial score (nSPS) is 14.1. The molecule has 3 aromatic rings. The molecule has 2 aromatic heterocycles. The molecule has 0 saturated carbocycles. The summed E-state index contributed by atoms with van der Waals surface area (Å²) in [5.41, 5.74) is 1.45. The van der Waals surface area contributed by atoms with Gasteiger partial charge in [0.15, 0.2) is 5.65 Å². The van der Waals surface area contributed by atoms with Crippen LogP contribution in [0.25, 0.3) is 5.65 Å². The number of nitrogens with zero attached hydrogens (tertiary/aromatic N) is 3. The first-order valence-electron chi connectivity index (χ1n) is 8.58. The highest BCUT2D eigenvalue weighted by Crippen LogP contribution is 2.28. The lowest BCUT2D eigenvalue weighted by molar-refractivity contribution is 0.102. The van der Waals surface area contributed by atoms with E-state index in [1.807, 2.05) is 0 Å². The lowest BCUT2D eigenvalue weighted by atomic mass is 10.2. The number of halogens is 2. The van der Waals surface area contributed by atoms with E-state index in [4.69, 9.17) is 23.2 Å². The molecule has 0 spiro atoms.